The van der Waals surface area contributed by atoms with Crippen LogP contribution in [0, 0.1) is 6.92 Å². The standard InChI is InChI=1S/C13H13Cl2NS/c1-8-6-7-11(17-8)13(16-2)9-4-3-5-10(14)12(9)15/h3-7,13,16H,1-2H3. The predicted molar refractivity (Wildman–Crippen MR) is 76.4 cm³/mol. The molecule has 0 aliphatic carbocycles. The van der Waals surface area contributed by atoms with Gasteiger partial charge in [-0.05, 0) is 37.7 Å². The Kier molecular flexibility index (Phi) is 4.10. The van der Waals surface area contributed by atoms with Gasteiger partial charge in [-0.2, -0.15) is 0 Å². The molecule has 1 nitrogen and oxygen atoms in total. The van der Waals surface area contributed by atoms with Crippen molar-refractivity contribution in [1.29, 1.82) is 0 Å². The maximum absolute atomic E-state index is 6.26. The van der Waals surface area contributed by atoms with Crippen LogP contribution in [0.2, 0.25) is 10.0 Å². The first-order valence-electron chi connectivity index (χ1n) is 5.31. The van der Waals surface area contributed by atoms with Crippen LogP contribution in [0.5, 0.6) is 0 Å². The van der Waals surface area contributed by atoms with Crippen LogP contribution in [0.25, 0.3) is 0 Å². The molecule has 0 saturated carbocycles. The van der Waals surface area contributed by atoms with Crippen molar-refractivity contribution in [2.24, 2.45) is 0 Å². The van der Waals surface area contributed by atoms with Gasteiger partial charge >= 0.3 is 0 Å². The van der Waals surface area contributed by atoms with E-state index in [9.17, 15) is 0 Å². The molecule has 1 unspecified atom stereocenters. The summed E-state index contributed by atoms with van der Waals surface area (Å²) in [5.74, 6) is 0. The van der Waals surface area contributed by atoms with Crippen molar-refractivity contribution in [3.8, 4) is 0 Å². The summed E-state index contributed by atoms with van der Waals surface area (Å²) in [6.07, 6.45) is 0. The molecule has 0 amide bonds. The third-order valence-electron chi connectivity index (χ3n) is 2.63. The highest BCUT2D eigenvalue weighted by molar-refractivity contribution is 7.12. The zero-order valence-electron chi connectivity index (χ0n) is 9.63. The normalized spacial score (nSPS) is 12.7. The summed E-state index contributed by atoms with van der Waals surface area (Å²) in [4.78, 5) is 2.53. The SMILES string of the molecule is CNC(c1ccc(C)s1)c1cccc(Cl)c1Cl. The van der Waals surface area contributed by atoms with Crippen molar-refractivity contribution in [2.45, 2.75) is 13.0 Å². The fourth-order valence-corrected chi connectivity index (χ4v) is 3.23. The lowest BCUT2D eigenvalue weighted by molar-refractivity contribution is 0.704. The number of thiophene rings is 1. The highest BCUT2D eigenvalue weighted by Gasteiger charge is 2.17. The van der Waals surface area contributed by atoms with Gasteiger partial charge in [0.05, 0.1) is 16.1 Å². The van der Waals surface area contributed by atoms with Crippen molar-refractivity contribution in [3.05, 3.63) is 55.7 Å². The van der Waals surface area contributed by atoms with Crippen molar-refractivity contribution < 1.29 is 0 Å². The quantitative estimate of drug-likeness (QED) is 0.864. The Bertz CT molecular complexity index is 522. The molecule has 0 aliphatic rings. The summed E-state index contributed by atoms with van der Waals surface area (Å²) in [7, 11) is 1.93. The van der Waals surface area contributed by atoms with Gasteiger partial charge in [0.2, 0.25) is 0 Å². The van der Waals surface area contributed by atoms with Crippen LogP contribution in [-0.2, 0) is 0 Å². The highest BCUT2D eigenvalue weighted by Crippen LogP contribution is 2.35. The van der Waals surface area contributed by atoms with Crippen LogP contribution >= 0.6 is 34.5 Å². The average molecular weight is 286 g/mol. The number of aryl methyl sites for hydroxylation is 1. The number of hydrogen-bond donors (Lipinski definition) is 1. The van der Waals surface area contributed by atoms with Crippen LogP contribution in [0.3, 0.4) is 0 Å². The van der Waals surface area contributed by atoms with E-state index in [1.54, 1.807) is 17.4 Å². The minimum absolute atomic E-state index is 0.0971. The van der Waals surface area contributed by atoms with E-state index in [1.807, 2.05) is 19.2 Å². The molecular weight excluding hydrogens is 273 g/mol. The molecule has 17 heavy (non-hydrogen) atoms. The Morgan fingerprint density at radius 1 is 1.18 bits per heavy atom. The molecule has 0 bridgehead atoms. The Morgan fingerprint density at radius 2 is 1.94 bits per heavy atom. The van der Waals surface area contributed by atoms with E-state index in [0.29, 0.717) is 10.0 Å². The lowest BCUT2D eigenvalue weighted by Gasteiger charge is -2.17. The van der Waals surface area contributed by atoms with Gasteiger partial charge in [-0.1, -0.05) is 35.3 Å². The second kappa shape index (κ2) is 5.40. The summed E-state index contributed by atoms with van der Waals surface area (Å²) < 4.78 is 0. The van der Waals surface area contributed by atoms with Gasteiger partial charge in [0, 0.05) is 9.75 Å². The predicted octanol–water partition coefficient (Wildman–Crippen LogP) is 4.67. The zero-order valence-corrected chi connectivity index (χ0v) is 12.0. The fraction of sp³-hybridized carbons (Fsp3) is 0.231. The van der Waals surface area contributed by atoms with Crippen molar-refractivity contribution in [3.63, 3.8) is 0 Å². The largest absolute Gasteiger partial charge is 0.309 e. The van der Waals surface area contributed by atoms with E-state index < -0.39 is 0 Å². The van der Waals surface area contributed by atoms with Crippen LogP contribution in [0.4, 0.5) is 0 Å². The first-order valence-corrected chi connectivity index (χ1v) is 6.88. The van der Waals surface area contributed by atoms with Crippen LogP contribution < -0.4 is 5.32 Å². The summed E-state index contributed by atoms with van der Waals surface area (Å²) >= 11 is 14.1. The van der Waals surface area contributed by atoms with Gasteiger partial charge < -0.3 is 5.32 Å². The molecule has 2 aromatic rings. The summed E-state index contributed by atoms with van der Waals surface area (Å²) in [5, 5.41) is 4.50. The lowest BCUT2D eigenvalue weighted by Crippen LogP contribution is -2.16. The smallest absolute Gasteiger partial charge is 0.0683 e. The molecule has 1 aromatic carbocycles. The van der Waals surface area contributed by atoms with Crippen LogP contribution in [0.1, 0.15) is 21.4 Å². The minimum Gasteiger partial charge on any atom is -0.309 e. The lowest BCUT2D eigenvalue weighted by atomic mass is 10.1. The monoisotopic (exact) mass is 285 g/mol. The first-order chi connectivity index (χ1) is 8.13. The summed E-state index contributed by atoms with van der Waals surface area (Å²) in [6.45, 7) is 2.10. The molecule has 1 heterocycles. The van der Waals surface area contributed by atoms with Gasteiger partial charge in [-0.3, -0.25) is 0 Å². The summed E-state index contributed by atoms with van der Waals surface area (Å²) in [5.41, 5.74) is 1.02. The van der Waals surface area contributed by atoms with E-state index in [4.69, 9.17) is 23.2 Å². The molecule has 1 aromatic heterocycles. The number of rotatable bonds is 3. The van der Waals surface area contributed by atoms with E-state index in [0.717, 1.165) is 5.56 Å². The Morgan fingerprint density at radius 3 is 2.53 bits per heavy atom. The molecule has 1 atom stereocenters. The van der Waals surface area contributed by atoms with Gasteiger partial charge in [-0.15, -0.1) is 11.3 Å². The number of benzene rings is 1. The number of halogens is 2. The number of hydrogen-bond acceptors (Lipinski definition) is 2. The van der Waals surface area contributed by atoms with Crippen molar-refractivity contribution in [2.75, 3.05) is 7.05 Å². The maximum Gasteiger partial charge on any atom is 0.0683 e. The van der Waals surface area contributed by atoms with Gasteiger partial charge in [-0.25, -0.2) is 0 Å². The Hall–Kier alpha value is -0.540. The molecule has 2 rings (SSSR count). The fourth-order valence-electron chi connectivity index (χ4n) is 1.80. The number of nitrogens with one attached hydrogen (secondary N) is 1. The topological polar surface area (TPSA) is 12.0 Å². The molecule has 0 saturated heterocycles. The Balaban J connectivity index is 2.45. The second-order valence-corrected chi connectivity index (χ2v) is 5.92. The molecule has 0 radical (unpaired) electrons. The van der Waals surface area contributed by atoms with Crippen molar-refractivity contribution in [1.82, 2.24) is 5.32 Å². The van der Waals surface area contributed by atoms with E-state index in [2.05, 4.69) is 24.4 Å². The summed E-state index contributed by atoms with van der Waals surface area (Å²) in [6, 6.07) is 10.1. The van der Waals surface area contributed by atoms with E-state index in [1.165, 1.54) is 9.75 Å². The van der Waals surface area contributed by atoms with Crippen LogP contribution in [0.15, 0.2) is 30.3 Å². The molecular formula is C13H13Cl2NS. The molecule has 1 N–H and O–H groups in total. The maximum atomic E-state index is 6.26. The molecule has 0 aliphatic heterocycles. The highest BCUT2D eigenvalue weighted by atomic mass is 35.5. The van der Waals surface area contributed by atoms with Crippen molar-refractivity contribution >= 4 is 34.5 Å². The van der Waals surface area contributed by atoms with E-state index in [-0.39, 0.29) is 6.04 Å². The van der Waals surface area contributed by atoms with Crippen LogP contribution in [-0.4, -0.2) is 7.05 Å². The first kappa shape index (κ1) is 12.9. The van der Waals surface area contributed by atoms with Gasteiger partial charge in [0.1, 0.15) is 0 Å². The molecule has 90 valence electrons. The minimum atomic E-state index is 0.0971. The average Bonchev–Trinajstić information content (AvgIpc) is 2.72. The van der Waals surface area contributed by atoms with Gasteiger partial charge in [0.15, 0.2) is 0 Å². The van der Waals surface area contributed by atoms with E-state index >= 15 is 0 Å². The van der Waals surface area contributed by atoms with Gasteiger partial charge in [0.25, 0.3) is 0 Å². The molecule has 4 heteroatoms. The molecule has 0 spiro atoms. The third-order valence-corrected chi connectivity index (χ3v) is 4.53. The Labute approximate surface area is 115 Å². The zero-order chi connectivity index (χ0) is 12.4. The molecule has 0 fully saturated rings. The third kappa shape index (κ3) is 2.66. The second-order valence-electron chi connectivity index (χ2n) is 3.81.